The molecule has 0 atom stereocenters. The van der Waals surface area contributed by atoms with Crippen LogP contribution in [-0.4, -0.2) is 47.0 Å². The van der Waals surface area contributed by atoms with E-state index in [4.69, 9.17) is 5.26 Å². The van der Waals surface area contributed by atoms with Gasteiger partial charge in [0, 0.05) is 56.4 Å². The van der Waals surface area contributed by atoms with Gasteiger partial charge in [-0.05, 0) is 24.3 Å². The summed E-state index contributed by atoms with van der Waals surface area (Å²) in [6, 6.07) is 6.45. The SMILES string of the molecule is N#C/C=C\C(=O)N1CCN(c2nccnc2Nc2ccc(C(F)(F)F)cc2)CC1. The number of amides is 1. The van der Waals surface area contributed by atoms with Crippen LogP contribution in [0.15, 0.2) is 48.8 Å². The van der Waals surface area contributed by atoms with E-state index in [2.05, 4.69) is 15.3 Å². The van der Waals surface area contributed by atoms with Crippen molar-refractivity contribution in [2.24, 2.45) is 0 Å². The normalized spacial score (nSPS) is 14.7. The summed E-state index contributed by atoms with van der Waals surface area (Å²) in [5.74, 6) is 0.733. The minimum atomic E-state index is -4.39. The Kier molecular flexibility index (Phi) is 5.97. The molecule has 1 aliphatic rings. The predicted octanol–water partition coefficient (Wildman–Crippen LogP) is 2.97. The molecule has 0 radical (unpaired) electrons. The number of carbonyl (C=O) groups is 1. The maximum absolute atomic E-state index is 12.7. The quantitative estimate of drug-likeness (QED) is 0.625. The fourth-order valence-electron chi connectivity index (χ4n) is 2.88. The fourth-order valence-corrected chi connectivity index (χ4v) is 2.88. The molecular weight excluding hydrogens is 385 g/mol. The number of carbonyl (C=O) groups excluding carboxylic acids is 1. The van der Waals surface area contributed by atoms with Gasteiger partial charge in [-0.3, -0.25) is 4.79 Å². The van der Waals surface area contributed by atoms with Gasteiger partial charge in [0.15, 0.2) is 11.6 Å². The van der Waals surface area contributed by atoms with Crippen molar-refractivity contribution in [3.8, 4) is 6.07 Å². The van der Waals surface area contributed by atoms with Crippen LogP contribution in [0.1, 0.15) is 5.56 Å². The third-order valence-corrected chi connectivity index (χ3v) is 4.35. The molecule has 1 amide bonds. The molecule has 1 aromatic heterocycles. The lowest BCUT2D eigenvalue weighted by Gasteiger charge is -2.35. The number of allylic oxidation sites excluding steroid dienone is 1. The highest BCUT2D eigenvalue weighted by Crippen LogP contribution is 2.31. The Morgan fingerprint density at radius 2 is 1.76 bits per heavy atom. The largest absolute Gasteiger partial charge is 0.416 e. The van der Waals surface area contributed by atoms with Crippen molar-refractivity contribution in [2.75, 3.05) is 36.4 Å². The van der Waals surface area contributed by atoms with E-state index in [1.807, 2.05) is 4.90 Å². The van der Waals surface area contributed by atoms with Gasteiger partial charge in [-0.1, -0.05) is 0 Å². The molecule has 1 saturated heterocycles. The third-order valence-electron chi connectivity index (χ3n) is 4.35. The van der Waals surface area contributed by atoms with E-state index in [9.17, 15) is 18.0 Å². The zero-order chi connectivity index (χ0) is 20.9. The van der Waals surface area contributed by atoms with Gasteiger partial charge in [-0.25, -0.2) is 9.97 Å². The first-order valence-corrected chi connectivity index (χ1v) is 8.74. The highest BCUT2D eigenvalue weighted by Gasteiger charge is 2.30. The molecule has 29 heavy (non-hydrogen) atoms. The second-order valence-electron chi connectivity index (χ2n) is 6.20. The van der Waals surface area contributed by atoms with Gasteiger partial charge >= 0.3 is 6.18 Å². The lowest BCUT2D eigenvalue weighted by molar-refractivity contribution is -0.137. The Morgan fingerprint density at radius 1 is 1.10 bits per heavy atom. The third kappa shape index (κ3) is 5.01. The summed E-state index contributed by atoms with van der Waals surface area (Å²) in [4.78, 5) is 24.1. The zero-order valence-corrected chi connectivity index (χ0v) is 15.2. The number of piperazine rings is 1. The molecule has 3 rings (SSSR count). The molecule has 1 aromatic carbocycles. The zero-order valence-electron chi connectivity index (χ0n) is 15.2. The van der Waals surface area contributed by atoms with Crippen molar-refractivity contribution in [1.82, 2.24) is 14.9 Å². The summed E-state index contributed by atoms with van der Waals surface area (Å²) < 4.78 is 38.1. The maximum atomic E-state index is 12.7. The van der Waals surface area contributed by atoms with Gasteiger partial charge < -0.3 is 15.1 Å². The van der Waals surface area contributed by atoms with Crippen molar-refractivity contribution in [3.63, 3.8) is 0 Å². The Morgan fingerprint density at radius 3 is 2.38 bits per heavy atom. The summed E-state index contributed by atoms with van der Waals surface area (Å²) in [5, 5.41) is 11.5. The first-order valence-electron chi connectivity index (χ1n) is 8.74. The van der Waals surface area contributed by atoms with Crippen LogP contribution in [-0.2, 0) is 11.0 Å². The number of anilines is 3. The molecule has 7 nitrogen and oxygen atoms in total. The number of nitrogens with zero attached hydrogens (tertiary/aromatic N) is 5. The molecule has 150 valence electrons. The molecule has 1 aliphatic heterocycles. The second kappa shape index (κ2) is 8.60. The number of halogens is 3. The second-order valence-corrected chi connectivity index (χ2v) is 6.20. The Labute approximate surface area is 165 Å². The molecule has 2 aromatic rings. The first kappa shape index (κ1) is 20.1. The molecule has 1 fully saturated rings. The topological polar surface area (TPSA) is 85.2 Å². The lowest BCUT2D eigenvalue weighted by Crippen LogP contribution is -2.48. The summed E-state index contributed by atoms with van der Waals surface area (Å²) in [5.41, 5.74) is -0.274. The van der Waals surface area contributed by atoms with Crippen LogP contribution in [0, 0.1) is 11.3 Å². The highest BCUT2D eigenvalue weighted by atomic mass is 19.4. The summed E-state index contributed by atoms with van der Waals surface area (Å²) in [7, 11) is 0. The van der Waals surface area contributed by atoms with Crippen LogP contribution in [0.25, 0.3) is 0 Å². The van der Waals surface area contributed by atoms with Crippen molar-refractivity contribution in [2.45, 2.75) is 6.18 Å². The summed E-state index contributed by atoms with van der Waals surface area (Å²) in [6.07, 6.45) is 0.998. The van der Waals surface area contributed by atoms with Gasteiger partial charge in [0.1, 0.15) is 0 Å². The van der Waals surface area contributed by atoms with Crippen LogP contribution < -0.4 is 10.2 Å². The van der Waals surface area contributed by atoms with E-state index in [-0.39, 0.29) is 5.91 Å². The molecular formula is C19H17F3N6O. The van der Waals surface area contributed by atoms with Crippen LogP contribution in [0.5, 0.6) is 0 Å². The standard InChI is InChI=1S/C19H17F3N6O/c20-19(21,22)14-3-5-15(6-4-14)26-17-18(25-9-8-24-17)28-12-10-27(11-13-28)16(29)2-1-7-23/h1-6,8-9H,10-13H2,(H,24,26)/b2-1-. The molecule has 1 N–H and O–H groups in total. The number of benzene rings is 1. The van der Waals surface area contributed by atoms with Crippen LogP contribution in [0.4, 0.5) is 30.5 Å². The molecule has 0 aliphatic carbocycles. The number of hydrogen-bond acceptors (Lipinski definition) is 6. The lowest BCUT2D eigenvalue weighted by atomic mass is 10.2. The maximum Gasteiger partial charge on any atom is 0.416 e. The predicted molar refractivity (Wildman–Crippen MR) is 100 cm³/mol. The number of nitrogens with one attached hydrogen (secondary N) is 1. The van der Waals surface area contributed by atoms with Gasteiger partial charge in [0.25, 0.3) is 0 Å². The average Bonchev–Trinajstić information content (AvgIpc) is 2.72. The molecule has 0 spiro atoms. The number of rotatable bonds is 4. The highest BCUT2D eigenvalue weighted by molar-refractivity contribution is 5.88. The van der Waals surface area contributed by atoms with Gasteiger partial charge in [-0.15, -0.1) is 0 Å². The van der Waals surface area contributed by atoms with Crippen LogP contribution >= 0.6 is 0 Å². The Balaban J connectivity index is 1.69. The number of hydrogen-bond donors (Lipinski definition) is 1. The minimum absolute atomic E-state index is 0.228. The van der Waals surface area contributed by atoms with Gasteiger partial charge in [-0.2, -0.15) is 18.4 Å². The monoisotopic (exact) mass is 402 g/mol. The number of aromatic nitrogens is 2. The van der Waals surface area contributed by atoms with E-state index in [0.29, 0.717) is 43.5 Å². The average molecular weight is 402 g/mol. The summed E-state index contributed by atoms with van der Waals surface area (Å²) >= 11 is 0. The minimum Gasteiger partial charge on any atom is -0.350 e. The van der Waals surface area contributed by atoms with E-state index in [1.54, 1.807) is 11.0 Å². The van der Waals surface area contributed by atoms with Crippen LogP contribution in [0.3, 0.4) is 0 Å². The molecule has 10 heteroatoms. The van der Waals surface area contributed by atoms with Crippen LogP contribution in [0.2, 0.25) is 0 Å². The number of alkyl halides is 3. The van der Waals surface area contributed by atoms with E-state index in [1.165, 1.54) is 30.6 Å². The first-order chi connectivity index (χ1) is 13.9. The van der Waals surface area contributed by atoms with Crippen molar-refractivity contribution in [3.05, 3.63) is 54.4 Å². The molecule has 0 saturated carbocycles. The Hall–Kier alpha value is -3.61. The molecule has 2 heterocycles. The summed E-state index contributed by atoms with van der Waals surface area (Å²) in [6.45, 7) is 1.91. The molecule has 0 bridgehead atoms. The molecule has 0 unspecified atom stereocenters. The smallest absolute Gasteiger partial charge is 0.350 e. The number of nitriles is 1. The fraction of sp³-hybridized carbons (Fsp3) is 0.263. The van der Waals surface area contributed by atoms with E-state index < -0.39 is 11.7 Å². The van der Waals surface area contributed by atoms with Crippen molar-refractivity contribution < 1.29 is 18.0 Å². The van der Waals surface area contributed by atoms with E-state index >= 15 is 0 Å². The van der Waals surface area contributed by atoms with Gasteiger partial charge in [0.05, 0.1) is 11.6 Å². The van der Waals surface area contributed by atoms with Gasteiger partial charge in [0.2, 0.25) is 5.91 Å². The van der Waals surface area contributed by atoms with Crippen molar-refractivity contribution >= 4 is 23.2 Å². The Bertz CT molecular complexity index is 928. The van der Waals surface area contributed by atoms with Crippen molar-refractivity contribution in [1.29, 1.82) is 5.26 Å². The van der Waals surface area contributed by atoms with E-state index in [0.717, 1.165) is 18.2 Å².